The first-order valence-corrected chi connectivity index (χ1v) is 5.12. The van der Waals surface area contributed by atoms with Crippen molar-refractivity contribution in [1.29, 1.82) is 0 Å². The maximum absolute atomic E-state index is 10.6. The third-order valence-corrected chi connectivity index (χ3v) is 1.20. The van der Waals surface area contributed by atoms with E-state index in [0.29, 0.717) is 0 Å². The van der Waals surface area contributed by atoms with Crippen LogP contribution in [0.15, 0.2) is 0 Å². The van der Waals surface area contributed by atoms with Gasteiger partial charge >= 0.3 is 45.1 Å². The van der Waals surface area contributed by atoms with Gasteiger partial charge in [0.2, 0.25) is 0 Å². The van der Waals surface area contributed by atoms with E-state index >= 15 is 0 Å². The molecule has 0 radical (unpaired) electrons. The zero-order valence-corrected chi connectivity index (χ0v) is 13.0. The fourth-order valence-corrected chi connectivity index (χ4v) is 0.418. The van der Waals surface area contributed by atoms with E-state index in [9.17, 15) is 22.8 Å². The molecule has 0 saturated carbocycles. The van der Waals surface area contributed by atoms with Crippen LogP contribution in [0.5, 0.6) is 0 Å². The Hall–Kier alpha value is -1.19. The summed E-state index contributed by atoms with van der Waals surface area (Å²) in [5, 5.41) is 22.5. The third kappa shape index (κ3) is 38.1. The second-order valence-electron chi connectivity index (χ2n) is 3.05. The van der Waals surface area contributed by atoms with Crippen molar-refractivity contribution in [3.8, 4) is 0 Å². The number of halogens is 3. The summed E-state index contributed by atoms with van der Waals surface area (Å²) in [5.74, 6) is -5.38. The van der Waals surface area contributed by atoms with E-state index in [4.69, 9.17) is 31.6 Å². The minimum absolute atomic E-state index is 0. The molecule has 12 heteroatoms. The van der Waals surface area contributed by atoms with Crippen LogP contribution in [0.1, 0.15) is 19.3 Å². The van der Waals surface area contributed by atoms with Gasteiger partial charge in [-0.1, -0.05) is 0 Å². The number of unbranched alkanes of at least 4 members (excludes halogenated alkanes) is 1. The zero-order chi connectivity index (χ0) is 16.8. The number of carboxylic acids is 3. The second kappa shape index (κ2) is 16.9. The zero-order valence-electron chi connectivity index (χ0n) is 10.7. The molecule has 126 valence electrons. The average Bonchev–Trinajstić information content (AvgIpc) is 2.24. The van der Waals surface area contributed by atoms with Gasteiger partial charge in [0.05, 0.1) is 0 Å². The molecule has 0 aliphatic heterocycles. The minimum atomic E-state index is -5.08. The van der Waals surface area contributed by atoms with E-state index in [1.54, 1.807) is 0 Å². The molecule has 7 N–H and O–H groups in total. The fraction of sp³-hybridized carbons (Fsp3) is 0.667. The standard InChI is InChI=1S/C4H12N2.C3H4O4.C2HF3O2.Pt/c5-3-1-2-4-6;4-2(5)1-3(6)7;3-2(4,5)1(6)7;/h1-6H2;1H2,(H,4,5)(H,6,7);(H,6,7);/q;;;+4. The first-order valence-electron chi connectivity index (χ1n) is 5.12. The van der Waals surface area contributed by atoms with Gasteiger partial charge < -0.3 is 26.8 Å². The SMILES string of the molecule is NCCCCN.O=C(O)C(F)(F)F.O=C(O)CC(=O)O.[Pt+4]. The number of carboxylic acid groups (broad SMARTS) is 3. The van der Waals surface area contributed by atoms with Crippen molar-refractivity contribution in [3.05, 3.63) is 0 Å². The number of aliphatic carboxylic acids is 3. The summed E-state index contributed by atoms with van der Waals surface area (Å²) in [5.41, 5.74) is 10.3. The van der Waals surface area contributed by atoms with Crippen LogP contribution in [-0.4, -0.2) is 52.5 Å². The molecule has 0 bridgehead atoms. The molecule has 0 aromatic carbocycles. The Labute approximate surface area is 132 Å². The van der Waals surface area contributed by atoms with Gasteiger partial charge in [-0.3, -0.25) is 9.59 Å². The number of alkyl halides is 3. The summed E-state index contributed by atoms with van der Waals surface area (Å²) in [6.45, 7) is 1.55. The smallest absolute Gasteiger partial charge is 0.481 e. The van der Waals surface area contributed by atoms with Crippen LogP contribution in [0.25, 0.3) is 0 Å². The summed E-state index contributed by atoms with van der Waals surface area (Å²) < 4.78 is 31.7. The van der Waals surface area contributed by atoms with Gasteiger partial charge in [0.15, 0.2) is 0 Å². The molecule has 0 amide bonds. The third-order valence-electron chi connectivity index (χ3n) is 1.20. The quantitative estimate of drug-likeness (QED) is 0.257. The first-order chi connectivity index (χ1) is 8.98. The van der Waals surface area contributed by atoms with E-state index in [2.05, 4.69) is 0 Å². The molecule has 0 unspecified atom stereocenters. The van der Waals surface area contributed by atoms with Crippen molar-refractivity contribution < 1.29 is 63.9 Å². The van der Waals surface area contributed by atoms with Crippen molar-refractivity contribution in [1.82, 2.24) is 0 Å². The Bertz CT molecular complexity index is 286. The van der Waals surface area contributed by atoms with Crippen molar-refractivity contribution in [2.45, 2.75) is 25.4 Å². The number of nitrogens with two attached hydrogens (primary N) is 2. The van der Waals surface area contributed by atoms with Crippen LogP contribution in [0, 0.1) is 0 Å². The average molecular weight is 501 g/mol. The molecule has 0 heterocycles. The van der Waals surface area contributed by atoms with Crippen molar-refractivity contribution in [2.75, 3.05) is 13.1 Å². The van der Waals surface area contributed by atoms with Crippen LogP contribution in [-0.2, 0) is 35.4 Å². The van der Waals surface area contributed by atoms with Crippen molar-refractivity contribution >= 4 is 17.9 Å². The van der Waals surface area contributed by atoms with E-state index < -0.39 is 30.5 Å². The van der Waals surface area contributed by atoms with E-state index in [1.165, 1.54) is 0 Å². The van der Waals surface area contributed by atoms with Gasteiger partial charge in [-0.25, -0.2) is 4.79 Å². The van der Waals surface area contributed by atoms with Crippen LogP contribution < -0.4 is 11.5 Å². The number of hydrogen-bond acceptors (Lipinski definition) is 5. The van der Waals surface area contributed by atoms with E-state index in [1.807, 2.05) is 0 Å². The van der Waals surface area contributed by atoms with E-state index in [-0.39, 0.29) is 21.1 Å². The van der Waals surface area contributed by atoms with E-state index in [0.717, 1.165) is 25.9 Å². The first kappa shape index (κ1) is 28.0. The summed E-state index contributed by atoms with van der Waals surface area (Å²) in [4.78, 5) is 27.8. The Kier molecular flexibility index (Phi) is 22.5. The van der Waals surface area contributed by atoms with Gasteiger partial charge in [-0.15, -0.1) is 0 Å². The molecule has 0 atom stereocenters. The second-order valence-corrected chi connectivity index (χ2v) is 3.05. The largest absolute Gasteiger partial charge is 4.00 e. The molecule has 8 nitrogen and oxygen atoms in total. The predicted molar refractivity (Wildman–Crippen MR) is 60.9 cm³/mol. The predicted octanol–water partition coefficient (Wildman–Crippen LogP) is -0.139. The topological polar surface area (TPSA) is 164 Å². The molecule has 0 aliphatic rings. The molecule has 0 saturated heterocycles. The molecule has 21 heavy (non-hydrogen) atoms. The van der Waals surface area contributed by atoms with Gasteiger partial charge in [0.1, 0.15) is 6.42 Å². The van der Waals surface area contributed by atoms with Crippen LogP contribution >= 0.6 is 0 Å². The molecular weight excluding hydrogens is 484 g/mol. The number of hydrogen-bond donors (Lipinski definition) is 5. The van der Waals surface area contributed by atoms with Gasteiger partial charge in [-0.2, -0.15) is 13.2 Å². The summed E-state index contributed by atoms with van der Waals surface area (Å²) in [6, 6.07) is 0. The maximum atomic E-state index is 10.6. The Balaban J connectivity index is -0.000000101. The molecule has 0 rings (SSSR count). The monoisotopic (exact) mass is 501 g/mol. The molecule has 0 aromatic heterocycles. The van der Waals surface area contributed by atoms with Crippen LogP contribution in [0.4, 0.5) is 13.2 Å². The fourth-order valence-electron chi connectivity index (χ4n) is 0.418. The Morgan fingerprint density at radius 3 is 1.14 bits per heavy atom. The van der Waals surface area contributed by atoms with Crippen molar-refractivity contribution in [2.24, 2.45) is 11.5 Å². The van der Waals surface area contributed by atoms with Crippen LogP contribution in [0.2, 0.25) is 0 Å². The Morgan fingerprint density at radius 1 is 0.857 bits per heavy atom. The Morgan fingerprint density at radius 2 is 1.10 bits per heavy atom. The molecule has 0 aliphatic carbocycles. The molecular formula is C9H17F3N2O6Pt+4. The summed E-state index contributed by atoms with van der Waals surface area (Å²) in [7, 11) is 0. The summed E-state index contributed by atoms with van der Waals surface area (Å²) >= 11 is 0. The normalized spacial score (nSPS) is 9.00. The molecule has 0 fully saturated rings. The van der Waals surface area contributed by atoms with Crippen molar-refractivity contribution in [3.63, 3.8) is 0 Å². The number of carbonyl (C=O) groups is 3. The van der Waals surface area contributed by atoms with Gasteiger partial charge in [0.25, 0.3) is 0 Å². The maximum Gasteiger partial charge on any atom is 4.00 e. The summed E-state index contributed by atoms with van der Waals surface area (Å²) in [6.07, 6.45) is -3.76. The van der Waals surface area contributed by atoms with Gasteiger partial charge in [0, 0.05) is 0 Å². The molecule has 0 aromatic rings. The number of rotatable bonds is 5. The van der Waals surface area contributed by atoms with Gasteiger partial charge in [-0.05, 0) is 25.9 Å². The van der Waals surface area contributed by atoms with Crippen LogP contribution in [0.3, 0.4) is 0 Å². The molecule has 0 spiro atoms. The minimum Gasteiger partial charge on any atom is -0.481 e.